The Morgan fingerprint density at radius 1 is 1.38 bits per heavy atom. The highest BCUT2D eigenvalue weighted by atomic mass is 16.5. The van der Waals surface area contributed by atoms with E-state index in [1.165, 1.54) is 7.11 Å². The average Bonchev–Trinajstić information content (AvgIpc) is 3.53. The summed E-state index contributed by atoms with van der Waals surface area (Å²) < 4.78 is 14.2. The van der Waals surface area contributed by atoms with Crippen LogP contribution in [0, 0.1) is 0 Å². The van der Waals surface area contributed by atoms with Crippen molar-refractivity contribution in [2.24, 2.45) is 17.9 Å². The number of hydrogen-bond acceptors (Lipinski definition) is 11. The van der Waals surface area contributed by atoms with E-state index in [0.29, 0.717) is 30.6 Å². The molecule has 0 saturated carbocycles. The van der Waals surface area contributed by atoms with Gasteiger partial charge in [-0.3, -0.25) is 14.2 Å². The van der Waals surface area contributed by atoms with Crippen LogP contribution in [0.1, 0.15) is 36.7 Å². The van der Waals surface area contributed by atoms with Gasteiger partial charge in [0, 0.05) is 30.9 Å². The van der Waals surface area contributed by atoms with Crippen LogP contribution >= 0.6 is 0 Å². The summed E-state index contributed by atoms with van der Waals surface area (Å²) in [4.78, 5) is 36.6. The molecule has 0 unspecified atom stereocenters. The third kappa shape index (κ3) is 4.89. The lowest BCUT2D eigenvalue weighted by Crippen LogP contribution is -2.23. The second-order valence-corrected chi connectivity index (χ2v) is 7.92. The summed E-state index contributed by atoms with van der Waals surface area (Å²) in [7, 11) is 3.19. The zero-order chi connectivity index (χ0) is 24.2. The van der Waals surface area contributed by atoms with Gasteiger partial charge in [-0.05, 0) is 25.5 Å². The van der Waals surface area contributed by atoms with E-state index in [9.17, 15) is 9.59 Å². The van der Waals surface area contributed by atoms with Crippen molar-refractivity contribution >= 4 is 40.9 Å². The third-order valence-corrected chi connectivity index (χ3v) is 5.57. The molecular weight excluding hydrogens is 442 g/mol. The molecule has 0 spiro atoms. The number of hydrogen-bond donors (Lipinski definition) is 3. The molecule has 4 rings (SSSR count). The van der Waals surface area contributed by atoms with E-state index in [2.05, 4.69) is 25.5 Å². The molecule has 3 aromatic heterocycles. The number of nitrogens with zero attached hydrogens (tertiary/aromatic N) is 6. The predicted molar refractivity (Wildman–Crippen MR) is 124 cm³/mol. The topological polar surface area (TPSA) is 178 Å². The molecule has 1 aliphatic heterocycles. The summed E-state index contributed by atoms with van der Waals surface area (Å²) in [6.07, 6.45) is 5.81. The minimum absolute atomic E-state index is 0.00379. The van der Waals surface area contributed by atoms with Gasteiger partial charge in [-0.2, -0.15) is 15.1 Å². The van der Waals surface area contributed by atoms with E-state index in [-0.39, 0.29) is 42.6 Å². The van der Waals surface area contributed by atoms with Crippen LogP contribution in [-0.4, -0.2) is 61.8 Å². The predicted octanol–water partition coefficient (Wildman–Crippen LogP) is 0.504. The number of hydrazone groups is 1. The van der Waals surface area contributed by atoms with Gasteiger partial charge in [0.05, 0.1) is 26.1 Å². The van der Waals surface area contributed by atoms with Gasteiger partial charge in [-0.1, -0.05) is 0 Å². The minimum Gasteiger partial charge on any atom is -0.469 e. The fourth-order valence-electron chi connectivity index (χ4n) is 3.83. The highest BCUT2D eigenvalue weighted by Gasteiger charge is 2.32. The maximum Gasteiger partial charge on any atom is 0.311 e. The Morgan fingerprint density at radius 3 is 2.97 bits per heavy atom. The molecular formula is C21H27N9O4. The standard InChI is InChI=1S/C21H27N9O4/c1-29-10-12(7-13(29)8-17(32)33-2)9-25-28-21-26-19(23)18-20(27-21)30(11-24-18)16-4-3-15(34-16)14(31)5-6-22/h7,9-11,15-16H,3-6,8,22H2,1-2H3,(H3,23,26,27,28)/b25-9+/t15-,16+/m0/s1. The fraction of sp³-hybridized carbons (Fsp3) is 0.429. The number of anilines is 2. The smallest absolute Gasteiger partial charge is 0.311 e. The number of methoxy groups -OCH3 is 1. The van der Waals surface area contributed by atoms with E-state index in [1.54, 1.807) is 17.1 Å². The van der Waals surface area contributed by atoms with Gasteiger partial charge in [0.1, 0.15) is 17.8 Å². The monoisotopic (exact) mass is 469 g/mol. The molecule has 0 aliphatic carbocycles. The number of ketones is 1. The molecule has 3 aromatic rings. The number of aryl methyl sites for hydroxylation is 1. The number of ether oxygens (including phenoxy) is 2. The van der Waals surface area contributed by atoms with Crippen LogP contribution in [0.2, 0.25) is 0 Å². The molecule has 2 atom stereocenters. The van der Waals surface area contributed by atoms with Crippen molar-refractivity contribution in [1.29, 1.82) is 0 Å². The summed E-state index contributed by atoms with van der Waals surface area (Å²) in [5, 5.41) is 4.18. The zero-order valence-corrected chi connectivity index (χ0v) is 19.0. The molecule has 13 heteroatoms. The van der Waals surface area contributed by atoms with Crippen molar-refractivity contribution in [1.82, 2.24) is 24.1 Å². The van der Waals surface area contributed by atoms with E-state index < -0.39 is 6.10 Å². The van der Waals surface area contributed by atoms with E-state index in [0.717, 1.165) is 11.3 Å². The highest BCUT2D eigenvalue weighted by Crippen LogP contribution is 2.32. The Labute approximate surface area is 195 Å². The number of carbonyl (C=O) groups excluding carboxylic acids is 2. The molecule has 0 aromatic carbocycles. The molecule has 180 valence electrons. The van der Waals surface area contributed by atoms with E-state index in [1.807, 2.05) is 23.9 Å². The number of carbonyl (C=O) groups is 2. The molecule has 4 heterocycles. The van der Waals surface area contributed by atoms with Gasteiger partial charge >= 0.3 is 5.97 Å². The van der Waals surface area contributed by atoms with Crippen molar-refractivity contribution in [3.8, 4) is 0 Å². The Bertz CT molecular complexity index is 1230. The van der Waals surface area contributed by atoms with Crippen LogP contribution in [-0.2, 0) is 32.5 Å². The Balaban J connectivity index is 1.49. The largest absolute Gasteiger partial charge is 0.469 e. The quantitative estimate of drug-likeness (QED) is 0.227. The third-order valence-electron chi connectivity index (χ3n) is 5.57. The van der Waals surface area contributed by atoms with Crippen molar-refractivity contribution in [2.75, 3.05) is 24.8 Å². The van der Waals surface area contributed by atoms with E-state index >= 15 is 0 Å². The molecule has 1 saturated heterocycles. The lowest BCUT2D eigenvalue weighted by atomic mass is 10.1. The van der Waals surface area contributed by atoms with Crippen LogP contribution < -0.4 is 16.9 Å². The first-order valence-electron chi connectivity index (χ1n) is 10.8. The summed E-state index contributed by atoms with van der Waals surface area (Å²) in [5.41, 5.74) is 16.8. The molecule has 0 radical (unpaired) electrons. The lowest BCUT2D eigenvalue weighted by Gasteiger charge is -2.14. The summed E-state index contributed by atoms with van der Waals surface area (Å²) >= 11 is 0. The second kappa shape index (κ2) is 9.97. The first-order valence-corrected chi connectivity index (χ1v) is 10.8. The summed E-state index contributed by atoms with van der Waals surface area (Å²) in [5.74, 6) is 0.0478. The SMILES string of the molecule is COC(=O)Cc1cc(/C=N/Nc2nc(N)c3ncn([C@H]4CC[C@@H](C(=O)CCN)O4)c3n2)cn1C. The molecule has 0 amide bonds. The van der Waals surface area contributed by atoms with Crippen molar-refractivity contribution < 1.29 is 19.1 Å². The zero-order valence-electron chi connectivity index (χ0n) is 19.0. The van der Waals surface area contributed by atoms with Crippen LogP contribution in [0.25, 0.3) is 11.2 Å². The van der Waals surface area contributed by atoms with Crippen LogP contribution in [0.3, 0.4) is 0 Å². The number of imidazole rings is 1. The number of Topliss-reactive ketones (excluding diaryl/α,β-unsaturated/α-hetero) is 1. The summed E-state index contributed by atoms with van der Waals surface area (Å²) in [6, 6.07) is 1.83. The Kier molecular flexibility index (Phi) is 6.84. The van der Waals surface area contributed by atoms with Crippen molar-refractivity contribution in [3.05, 3.63) is 29.8 Å². The maximum atomic E-state index is 12.1. The maximum absolute atomic E-state index is 12.1. The lowest BCUT2D eigenvalue weighted by molar-refractivity contribution is -0.139. The van der Waals surface area contributed by atoms with Crippen molar-refractivity contribution in [3.63, 3.8) is 0 Å². The van der Waals surface area contributed by atoms with Crippen LogP contribution in [0.4, 0.5) is 11.8 Å². The normalized spacial score (nSPS) is 18.1. The molecule has 13 nitrogen and oxygen atoms in total. The van der Waals surface area contributed by atoms with E-state index in [4.69, 9.17) is 20.9 Å². The molecule has 0 bridgehead atoms. The van der Waals surface area contributed by atoms with Gasteiger partial charge < -0.3 is 25.5 Å². The van der Waals surface area contributed by atoms with Crippen molar-refractivity contribution in [2.45, 2.75) is 38.0 Å². The number of fused-ring (bicyclic) bond motifs is 1. The number of esters is 1. The second-order valence-electron chi connectivity index (χ2n) is 7.92. The number of nitrogen functional groups attached to an aromatic ring is 1. The number of aromatic nitrogens is 5. The average molecular weight is 470 g/mol. The van der Waals surface area contributed by atoms with Gasteiger partial charge in [-0.25, -0.2) is 10.4 Å². The van der Waals surface area contributed by atoms with Crippen LogP contribution in [0.5, 0.6) is 0 Å². The Morgan fingerprint density at radius 2 is 2.21 bits per heavy atom. The Hall–Kier alpha value is -3.84. The molecule has 5 N–H and O–H groups in total. The molecule has 1 aliphatic rings. The molecule has 1 fully saturated rings. The number of rotatable bonds is 9. The summed E-state index contributed by atoms with van der Waals surface area (Å²) in [6.45, 7) is 0.298. The first-order chi connectivity index (χ1) is 16.4. The number of nitrogens with two attached hydrogens (primary N) is 2. The van der Waals surface area contributed by atoms with Gasteiger partial charge in [-0.15, -0.1) is 0 Å². The van der Waals surface area contributed by atoms with Gasteiger partial charge in [0.25, 0.3) is 0 Å². The van der Waals surface area contributed by atoms with Crippen LogP contribution in [0.15, 0.2) is 23.7 Å². The minimum atomic E-state index is -0.484. The van der Waals surface area contributed by atoms with Gasteiger partial charge in [0.2, 0.25) is 5.95 Å². The number of nitrogens with one attached hydrogen (secondary N) is 1. The fourth-order valence-corrected chi connectivity index (χ4v) is 3.83. The molecule has 34 heavy (non-hydrogen) atoms. The first kappa shape index (κ1) is 23.3. The van der Waals surface area contributed by atoms with Gasteiger partial charge in [0.15, 0.2) is 17.2 Å². The highest BCUT2D eigenvalue weighted by molar-refractivity contribution is 5.85.